The van der Waals surface area contributed by atoms with Crippen LogP contribution in [0.15, 0.2) is 16.9 Å². The molecule has 0 spiro atoms. The van der Waals surface area contributed by atoms with Crippen molar-refractivity contribution in [3.05, 3.63) is 23.9 Å². The number of hydrogen-bond acceptors (Lipinski definition) is 3. The minimum absolute atomic E-state index is 0.230. The summed E-state index contributed by atoms with van der Waals surface area (Å²) in [5, 5.41) is 11.4. The molecule has 0 radical (unpaired) electrons. The molecule has 0 aliphatic rings. The molecule has 0 aliphatic heterocycles. The maximum atomic E-state index is 9.72. The van der Waals surface area contributed by atoms with Crippen LogP contribution in [0.25, 0.3) is 10.8 Å². The topological polar surface area (TPSA) is 46.3 Å². The number of aromatic nitrogens is 1. The second-order valence-corrected chi connectivity index (χ2v) is 3.43. The number of aryl methyl sites for hydroxylation is 2. The number of rotatable bonds is 2. The summed E-state index contributed by atoms with van der Waals surface area (Å²) in [6, 6.07) is 0. The summed E-state index contributed by atoms with van der Waals surface area (Å²) in [6.07, 6.45) is 5.27. The van der Waals surface area contributed by atoms with E-state index < -0.39 is 0 Å². The Hall–Kier alpha value is -1.51. The average Bonchev–Trinajstić information content (AvgIpc) is 2.57. The van der Waals surface area contributed by atoms with Crippen molar-refractivity contribution in [2.75, 3.05) is 0 Å². The monoisotopic (exact) mass is 191 g/mol. The van der Waals surface area contributed by atoms with Crippen LogP contribution < -0.4 is 0 Å². The molecule has 0 saturated carbocycles. The van der Waals surface area contributed by atoms with E-state index in [4.69, 9.17) is 4.42 Å². The van der Waals surface area contributed by atoms with Crippen LogP contribution in [0.2, 0.25) is 0 Å². The quantitative estimate of drug-likeness (QED) is 0.793. The van der Waals surface area contributed by atoms with Gasteiger partial charge in [0, 0.05) is 18.0 Å². The van der Waals surface area contributed by atoms with E-state index in [9.17, 15) is 5.11 Å². The smallest absolute Gasteiger partial charge is 0.147 e. The molecule has 14 heavy (non-hydrogen) atoms. The van der Waals surface area contributed by atoms with Crippen molar-refractivity contribution in [3.63, 3.8) is 0 Å². The number of hydrogen-bond donors (Lipinski definition) is 1. The molecule has 3 heteroatoms. The molecule has 0 unspecified atom stereocenters. The molecular weight excluding hydrogens is 178 g/mol. The van der Waals surface area contributed by atoms with Crippen molar-refractivity contribution in [2.45, 2.75) is 26.7 Å². The first-order valence-electron chi connectivity index (χ1n) is 4.78. The van der Waals surface area contributed by atoms with Gasteiger partial charge >= 0.3 is 0 Å². The summed E-state index contributed by atoms with van der Waals surface area (Å²) in [4.78, 5) is 4.11. The number of furan rings is 1. The summed E-state index contributed by atoms with van der Waals surface area (Å²) in [7, 11) is 0. The minimum atomic E-state index is 0.230. The van der Waals surface area contributed by atoms with Crippen LogP contribution in [0.3, 0.4) is 0 Å². The molecule has 2 rings (SSSR count). The van der Waals surface area contributed by atoms with Gasteiger partial charge in [0.15, 0.2) is 0 Å². The Labute approximate surface area is 82.4 Å². The van der Waals surface area contributed by atoms with Crippen LogP contribution in [-0.4, -0.2) is 10.1 Å². The van der Waals surface area contributed by atoms with E-state index >= 15 is 0 Å². The third kappa shape index (κ3) is 1.25. The second kappa shape index (κ2) is 3.33. The van der Waals surface area contributed by atoms with E-state index in [1.165, 1.54) is 0 Å². The van der Waals surface area contributed by atoms with Gasteiger partial charge in [-0.1, -0.05) is 6.92 Å². The Kier molecular flexibility index (Phi) is 2.15. The molecule has 3 nitrogen and oxygen atoms in total. The zero-order chi connectivity index (χ0) is 10.1. The van der Waals surface area contributed by atoms with E-state index in [-0.39, 0.29) is 5.75 Å². The molecule has 0 amide bonds. The Morgan fingerprint density at radius 2 is 2.21 bits per heavy atom. The number of fused-ring (bicyclic) bond motifs is 1. The first-order valence-corrected chi connectivity index (χ1v) is 4.78. The third-order valence-corrected chi connectivity index (χ3v) is 2.37. The molecule has 0 aromatic carbocycles. The molecule has 0 atom stereocenters. The number of pyridine rings is 1. The highest BCUT2D eigenvalue weighted by atomic mass is 16.3. The van der Waals surface area contributed by atoms with Gasteiger partial charge in [0.2, 0.25) is 0 Å². The SMILES string of the molecule is CCCc1occ2c(O)c(C)ncc12. The van der Waals surface area contributed by atoms with Crippen LogP contribution in [-0.2, 0) is 6.42 Å². The summed E-state index contributed by atoms with van der Waals surface area (Å²) < 4.78 is 5.39. The van der Waals surface area contributed by atoms with Gasteiger partial charge in [-0.25, -0.2) is 0 Å². The van der Waals surface area contributed by atoms with Crippen LogP contribution in [0.5, 0.6) is 5.75 Å². The Balaban J connectivity index is 2.64. The molecule has 0 fully saturated rings. The highest BCUT2D eigenvalue weighted by Gasteiger charge is 2.10. The van der Waals surface area contributed by atoms with Crippen molar-refractivity contribution < 1.29 is 9.52 Å². The Morgan fingerprint density at radius 1 is 1.43 bits per heavy atom. The molecular formula is C11H13NO2. The first kappa shape index (κ1) is 9.06. The fourth-order valence-electron chi connectivity index (χ4n) is 1.57. The highest BCUT2D eigenvalue weighted by molar-refractivity contribution is 5.89. The minimum Gasteiger partial charge on any atom is -0.505 e. The Morgan fingerprint density at radius 3 is 2.93 bits per heavy atom. The van der Waals surface area contributed by atoms with E-state index in [0.717, 1.165) is 29.4 Å². The standard InChI is InChI=1S/C11H13NO2/c1-3-4-10-8-5-12-7(2)11(13)9(8)6-14-10/h5-6,13H,3-4H2,1-2H3. The zero-order valence-electron chi connectivity index (χ0n) is 8.37. The van der Waals surface area contributed by atoms with Crippen molar-refractivity contribution in [2.24, 2.45) is 0 Å². The van der Waals surface area contributed by atoms with Crippen molar-refractivity contribution in [1.29, 1.82) is 0 Å². The fourth-order valence-corrected chi connectivity index (χ4v) is 1.57. The largest absolute Gasteiger partial charge is 0.505 e. The van der Waals surface area contributed by atoms with Gasteiger partial charge in [-0.15, -0.1) is 0 Å². The zero-order valence-corrected chi connectivity index (χ0v) is 8.37. The van der Waals surface area contributed by atoms with Gasteiger partial charge in [-0.3, -0.25) is 4.98 Å². The summed E-state index contributed by atoms with van der Waals surface area (Å²) in [5.41, 5.74) is 0.640. The fraction of sp³-hybridized carbons (Fsp3) is 0.364. The molecule has 74 valence electrons. The Bertz CT molecular complexity index is 460. The van der Waals surface area contributed by atoms with Crippen LogP contribution >= 0.6 is 0 Å². The van der Waals surface area contributed by atoms with Crippen molar-refractivity contribution in [3.8, 4) is 5.75 Å². The van der Waals surface area contributed by atoms with Crippen LogP contribution in [0.4, 0.5) is 0 Å². The maximum Gasteiger partial charge on any atom is 0.147 e. The molecule has 2 aromatic rings. The van der Waals surface area contributed by atoms with Gasteiger partial charge < -0.3 is 9.52 Å². The van der Waals surface area contributed by atoms with Crippen molar-refractivity contribution >= 4 is 10.8 Å². The normalized spacial score (nSPS) is 11.0. The summed E-state index contributed by atoms with van der Waals surface area (Å²) in [5.74, 6) is 1.14. The van der Waals surface area contributed by atoms with E-state index in [0.29, 0.717) is 5.69 Å². The van der Waals surface area contributed by atoms with E-state index in [1.54, 1.807) is 19.4 Å². The second-order valence-electron chi connectivity index (χ2n) is 3.43. The molecule has 1 N–H and O–H groups in total. The van der Waals surface area contributed by atoms with Gasteiger partial charge in [-0.2, -0.15) is 0 Å². The van der Waals surface area contributed by atoms with Crippen LogP contribution in [0, 0.1) is 6.92 Å². The van der Waals surface area contributed by atoms with E-state index in [2.05, 4.69) is 11.9 Å². The molecule has 0 saturated heterocycles. The first-order chi connectivity index (χ1) is 6.74. The average molecular weight is 191 g/mol. The van der Waals surface area contributed by atoms with Gasteiger partial charge in [0.05, 0.1) is 11.1 Å². The highest BCUT2D eigenvalue weighted by Crippen LogP contribution is 2.30. The van der Waals surface area contributed by atoms with Gasteiger partial charge in [-0.05, 0) is 13.3 Å². The van der Waals surface area contributed by atoms with E-state index in [1.807, 2.05) is 0 Å². The lowest BCUT2D eigenvalue weighted by Crippen LogP contribution is -1.84. The third-order valence-electron chi connectivity index (χ3n) is 2.37. The van der Waals surface area contributed by atoms with Crippen LogP contribution in [0.1, 0.15) is 24.8 Å². The number of aromatic hydroxyl groups is 1. The van der Waals surface area contributed by atoms with Gasteiger partial charge in [0.1, 0.15) is 17.8 Å². The predicted molar refractivity (Wildman–Crippen MR) is 54.4 cm³/mol. The maximum absolute atomic E-state index is 9.72. The molecule has 2 aromatic heterocycles. The molecule has 0 bridgehead atoms. The number of nitrogens with zero attached hydrogens (tertiary/aromatic N) is 1. The summed E-state index contributed by atoms with van der Waals surface area (Å²) in [6.45, 7) is 3.87. The lowest BCUT2D eigenvalue weighted by molar-refractivity contribution is 0.472. The van der Waals surface area contributed by atoms with Crippen molar-refractivity contribution in [1.82, 2.24) is 4.98 Å². The lowest BCUT2D eigenvalue weighted by Gasteiger charge is -1.98. The summed E-state index contributed by atoms with van der Waals surface area (Å²) >= 11 is 0. The van der Waals surface area contributed by atoms with Gasteiger partial charge in [0.25, 0.3) is 0 Å². The molecule has 2 heterocycles. The lowest BCUT2D eigenvalue weighted by atomic mass is 10.1. The predicted octanol–water partition coefficient (Wildman–Crippen LogP) is 2.79. The molecule has 0 aliphatic carbocycles.